The van der Waals surface area contributed by atoms with E-state index in [4.69, 9.17) is 4.74 Å². The highest BCUT2D eigenvalue weighted by atomic mass is 16.5. The second kappa shape index (κ2) is 11.8. The molecule has 0 saturated carbocycles. The van der Waals surface area contributed by atoms with E-state index in [1.807, 2.05) is 31.2 Å². The Kier molecular flexibility index (Phi) is 8.60. The summed E-state index contributed by atoms with van der Waals surface area (Å²) in [6.45, 7) is 4.81. The molecule has 2 aromatic carbocycles. The zero-order valence-corrected chi connectivity index (χ0v) is 21.4. The van der Waals surface area contributed by atoms with Crippen molar-refractivity contribution in [1.82, 2.24) is 9.88 Å². The first kappa shape index (κ1) is 26.1. The number of aliphatic hydroxyl groups is 1. The van der Waals surface area contributed by atoms with Gasteiger partial charge in [-0.2, -0.15) is 0 Å². The van der Waals surface area contributed by atoms with Gasteiger partial charge >= 0.3 is 5.97 Å². The molecule has 1 aliphatic heterocycles. The average Bonchev–Trinajstić information content (AvgIpc) is 2.88. The fourth-order valence-electron chi connectivity index (χ4n) is 5.69. The van der Waals surface area contributed by atoms with Gasteiger partial charge in [0.15, 0.2) is 0 Å². The van der Waals surface area contributed by atoms with Crippen LogP contribution >= 0.6 is 0 Å². The van der Waals surface area contributed by atoms with Crippen molar-refractivity contribution < 1.29 is 19.7 Å². The Labute approximate surface area is 213 Å². The van der Waals surface area contributed by atoms with Gasteiger partial charge in [0.05, 0.1) is 25.2 Å². The van der Waals surface area contributed by atoms with Gasteiger partial charge in [0.1, 0.15) is 5.75 Å². The van der Waals surface area contributed by atoms with Crippen molar-refractivity contribution in [3.8, 4) is 5.75 Å². The largest absolute Gasteiger partial charge is 0.497 e. The predicted octanol–water partition coefficient (Wildman–Crippen LogP) is 5.56. The molecule has 2 heterocycles. The van der Waals surface area contributed by atoms with Gasteiger partial charge in [0, 0.05) is 11.6 Å². The molecule has 2 N–H and O–H groups in total. The molecule has 1 saturated heterocycles. The molecular weight excluding hydrogens is 452 g/mol. The number of likely N-dealkylation sites (tertiary alicyclic amines) is 1. The molecule has 6 heteroatoms. The normalized spacial score (nSPS) is 16.6. The lowest BCUT2D eigenvalue weighted by Crippen LogP contribution is -2.41. The fourth-order valence-corrected chi connectivity index (χ4v) is 5.69. The standard InChI is InChI=1S/C30H38N2O4/c1-22-21-31-26-11-10-24(36-2)19-25(26)29(22)27(33)12-13-30(20-28(34)35)14-17-32(18-15-30)16-6-9-23-7-4-3-5-8-23/h3-5,7-8,10-11,19,21,27,33H,6,9,12-18,20H2,1-2H3,(H,34,35). The first-order valence-electron chi connectivity index (χ1n) is 13.0. The number of aromatic nitrogens is 1. The van der Waals surface area contributed by atoms with E-state index in [1.54, 1.807) is 13.3 Å². The number of aryl methyl sites for hydroxylation is 2. The Morgan fingerprint density at radius 2 is 1.92 bits per heavy atom. The maximum Gasteiger partial charge on any atom is 0.303 e. The van der Waals surface area contributed by atoms with E-state index in [-0.39, 0.29) is 11.8 Å². The summed E-state index contributed by atoms with van der Waals surface area (Å²) < 4.78 is 5.40. The average molecular weight is 491 g/mol. The highest BCUT2D eigenvalue weighted by molar-refractivity contribution is 5.84. The van der Waals surface area contributed by atoms with Gasteiger partial charge in [-0.25, -0.2) is 0 Å². The van der Waals surface area contributed by atoms with E-state index < -0.39 is 12.1 Å². The molecule has 1 aliphatic rings. The number of benzene rings is 2. The monoisotopic (exact) mass is 490 g/mol. The number of carboxylic acid groups (broad SMARTS) is 1. The minimum atomic E-state index is -0.753. The third-order valence-corrected chi connectivity index (χ3v) is 7.82. The Bertz CT molecular complexity index is 1160. The molecular formula is C30H38N2O4. The highest BCUT2D eigenvalue weighted by Crippen LogP contribution is 2.42. The van der Waals surface area contributed by atoms with Crippen molar-refractivity contribution in [1.29, 1.82) is 0 Å². The number of methoxy groups -OCH3 is 1. The van der Waals surface area contributed by atoms with E-state index >= 15 is 0 Å². The van der Waals surface area contributed by atoms with Crippen LogP contribution < -0.4 is 4.74 Å². The third kappa shape index (κ3) is 6.42. The number of carbonyl (C=O) groups is 1. The Morgan fingerprint density at radius 1 is 1.17 bits per heavy atom. The van der Waals surface area contributed by atoms with Crippen LogP contribution in [0, 0.1) is 12.3 Å². The van der Waals surface area contributed by atoms with E-state index in [2.05, 4.69) is 34.1 Å². The minimum absolute atomic E-state index is 0.154. The summed E-state index contributed by atoms with van der Waals surface area (Å²) >= 11 is 0. The topological polar surface area (TPSA) is 82.9 Å². The zero-order chi connectivity index (χ0) is 25.5. The first-order chi connectivity index (χ1) is 17.4. The van der Waals surface area contributed by atoms with Gasteiger partial charge in [-0.05, 0) is 105 Å². The number of hydrogen-bond acceptors (Lipinski definition) is 5. The summed E-state index contributed by atoms with van der Waals surface area (Å²) in [5.41, 5.74) is 3.70. The van der Waals surface area contributed by atoms with Crippen LogP contribution in [0.2, 0.25) is 0 Å². The van der Waals surface area contributed by atoms with Gasteiger partial charge in [0.25, 0.3) is 0 Å². The van der Waals surface area contributed by atoms with Crippen LogP contribution in [0.5, 0.6) is 5.75 Å². The second-order valence-electron chi connectivity index (χ2n) is 10.3. The van der Waals surface area contributed by atoms with Crippen LogP contribution in [0.1, 0.15) is 61.3 Å². The Hall–Kier alpha value is -2.96. The van der Waals surface area contributed by atoms with Crippen LogP contribution in [0.3, 0.4) is 0 Å². The van der Waals surface area contributed by atoms with Crippen LogP contribution in [0.4, 0.5) is 0 Å². The second-order valence-corrected chi connectivity index (χ2v) is 10.3. The van der Waals surface area contributed by atoms with Gasteiger partial charge in [-0.1, -0.05) is 30.3 Å². The van der Waals surface area contributed by atoms with Crippen molar-refractivity contribution in [2.24, 2.45) is 5.41 Å². The lowest BCUT2D eigenvalue weighted by molar-refractivity contribution is -0.141. The van der Waals surface area contributed by atoms with E-state index in [0.717, 1.165) is 73.1 Å². The zero-order valence-electron chi connectivity index (χ0n) is 21.4. The van der Waals surface area contributed by atoms with Gasteiger partial charge < -0.3 is 19.8 Å². The first-order valence-corrected chi connectivity index (χ1v) is 13.0. The number of hydrogen-bond donors (Lipinski definition) is 2. The molecule has 3 aromatic rings. The van der Waals surface area contributed by atoms with Gasteiger partial charge in [0.2, 0.25) is 0 Å². The molecule has 192 valence electrons. The molecule has 36 heavy (non-hydrogen) atoms. The van der Waals surface area contributed by atoms with E-state index in [9.17, 15) is 15.0 Å². The van der Waals surface area contributed by atoms with Crippen molar-refractivity contribution in [2.45, 2.75) is 58.0 Å². The molecule has 0 spiro atoms. The van der Waals surface area contributed by atoms with Crippen LogP contribution in [-0.2, 0) is 11.2 Å². The number of pyridine rings is 1. The van der Waals surface area contributed by atoms with Crippen LogP contribution in [-0.4, -0.2) is 52.8 Å². The quantitative estimate of drug-likeness (QED) is 0.366. The number of ether oxygens (including phenoxy) is 1. The lowest BCUT2D eigenvalue weighted by Gasteiger charge is -2.41. The lowest BCUT2D eigenvalue weighted by atomic mass is 9.71. The predicted molar refractivity (Wildman–Crippen MR) is 142 cm³/mol. The van der Waals surface area contributed by atoms with Gasteiger partial charge in [-0.15, -0.1) is 0 Å². The third-order valence-electron chi connectivity index (χ3n) is 7.82. The molecule has 4 rings (SSSR count). The molecule has 0 bridgehead atoms. The SMILES string of the molecule is COc1ccc2ncc(C)c(C(O)CCC3(CC(=O)O)CCN(CCCc4ccccc4)CC3)c2c1. The van der Waals surface area contributed by atoms with Crippen molar-refractivity contribution in [2.75, 3.05) is 26.7 Å². The van der Waals surface area contributed by atoms with Gasteiger partial charge in [-0.3, -0.25) is 9.78 Å². The number of aliphatic hydroxyl groups excluding tert-OH is 1. The van der Waals surface area contributed by atoms with E-state index in [1.165, 1.54) is 5.56 Å². The van der Waals surface area contributed by atoms with Crippen molar-refractivity contribution in [3.63, 3.8) is 0 Å². The summed E-state index contributed by atoms with van der Waals surface area (Å²) in [4.78, 5) is 18.8. The summed E-state index contributed by atoms with van der Waals surface area (Å²) in [5, 5.41) is 21.9. The summed E-state index contributed by atoms with van der Waals surface area (Å²) in [6.07, 6.45) is 6.35. The highest BCUT2D eigenvalue weighted by Gasteiger charge is 2.37. The van der Waals surface area contributed by atoms with Crippen molar-refractivity contribution in [3.05, 3.63) is 71.4 Å². The minimum Gasteiger partial charge on any atom is -0.497 e. The molecule has 0 radical (unpaired) electrons. The number of nitrogens with zero attached hydrogens (tertiary/aromatic N) is 2. The summed E-state index contributed by atoms with van der Waals surface area (Å²) in [6, 6.07) is 16.2. The number of carboxylic acids is 1. The number of piperidine rings is 1. The molecule has 0 aliphatic carbocycles. The molecule has 1 fully saturated rings. The summed E-state index contributed by atoms with van der Waals surface area (Å²) in [5.74, 6) is -0.0253. The molecule has 6 nitrogen and oxygen atoms in total. The molecule has 0 amide bonds. The smallest absolute Gasteiger partial charge is 0.303 e. The Balaban J connectivity index is 1.39. The number of aliphatic carboxylic acids is 1. The molecule has 1 aromatic heterocycles. The number of rotatable bonds is 11. The number of fused-ring (bicyclic) bond motifs is 1. The maximum absolute atomic E-state index is 11.8. The van der Waals surface area contributed by atoms with Crippen molar-refractivity contribution >= 4 is 16.9 Å². The Morgan fingerprint density at radius 3 is 2.61 bits per heavy atom. The van der Waals surface area contributed by atoms with E-state index in [0.29, 0.717) is 12.8 Å². The maximum atomic E-state index is 11.8. The molecule has 1 unspecified atom stereocenters. The van der Waals surface area contributed by atoms with Crippen LogP contribution in [0.25, 0.3) is 10.9 Å². The fraction of sp³-hybridized carbons (Fsp3) is 0.467. The molecule has 1 atom stereocenters. The van der Waals surface area contributed by atoms with Crippen LogP contribution in [0.15, 0.2) is 54.7 Å². The summed E-state index contributed by atoms with van der Waals surface area (Å²) in [7, 11) is 1.63.